The summed E-state index contributed by atoms with van der Waals surface area (Å²) in [5.74, 6) is 0.605. The maximum atomic E-state index is 12.9. The highest BCUT2D eigenvalue weighted by Gasteiger charge is 2.03. The number of benzene rings is 1. The predicted molar refractivity (Wildman–Crippen MR) is 67.4 cm³/mol. The van der Waals surface area contributed by atoms with Gasteiger partial charge in [-0.2, -0.15) is 0 Å². The molecule has 0 spiro atoms. The van der Waals surface area contributed by atoms with Gasteiger partial charge in [0.1, 0.15) is 12.1 Å². The Kier molecular flexibility index (Phi) is 3.37. The number of rotatable bonds is 3. The summed E-state index contributed by atoms with van der Waals surface area (Å²) < 4.78 is 15.5. The van der Waals surface area contributed by atoms with E-state index in [9.17, 15) is 4.39 Å². The third-order valence-corrected chi connectivity index (χ3v) is 3.07. The van der Waals surface area contributed by atoms with Crippen molar-refractivity contribution in [1.29, 1.82) is 0 Å². The maximum Gasteiger partial charge on any atom is 0.151 e. The van der Waals surface area contributed by atoms with E-state index >= 15 is 0 Å². The Hall–Kier alpha value is -1.18. The van der Waals surface area contributed by atoms with Crippen LogP contribution in [0.4, 0.5) is 10.1 Å². The SMILES string of the molecule is Cn1cnnc1CNc1ccc(F)cc1I. The van der Waals surface area contributed by atoms with Gasteiger partial charge in [-0.3, -0.25) is 0 Å². The molecule has 2 aromatic rings. The molecule has 1 aromatic carbocycles. The van der Waals surface area contributed by atoms with Crippen LogP contribution in [0.15, 0.2) is 24.5 Å². The van der Waals surface area contributed by atoms with Gasteiger partial charge in [0.2, 0.25) is 0 Å². The van der Waals surface area contributed by atoms with Crippen molar-refractivity contribution in [3.8, 4) is 0 Å². The molecule has 0 bridgehead atoms. The van der Waals surface area contributed by atoms with E-state index < -0.39 is 0 Å². The first-order valence-electron chi connectivity index (χ1n) is 4.68. The molecule has 0 unspecified atom stereocenters. The monoisotopic (exact) mass is 332 g/mol. The maximum absolute atomic E-state index is 12.9. The first kappa shape index (κ1) is 11.3. The molecule has 0 fully saturated rings. The Balaban J connectivity index is 2.08. The van der Waals surface area contributed by atoms with Gasteiger partial charge in [-0.25, -0.2) is 4.39 Å². The van der Waals surface area contributed by atoms with Crippen LogP contribution in [0.2, 0.25) is 0 Å². The zero-order valence-corrected chi connectivity index (χ0v) is 10.8. The number of nitrogens with one attached hydrogen (secondary N) is 1. The van der Waals surface area contributed by atoms with Crippen molar-refractivity contribution in [3.63, 3.8) is 0 Å². The quantitative estimate of drug-likeness (QED) is 0.876. The van der Waals surface area contributed by atoms with Crippen LogP contribution in [0.3, 0.4) is 0 Å². The Bertz CT molecular complexity index is 497. The number of halogens is 2. The fourth-order valence-corrected chi connectivity index (χ4v) is 1.94. The minimum atomic E-state index is -0.228. The van der Waals surface area contributed by atoms with Crippen molar-refractivity contribution in [1.82, 2.24) is 14.8 Å². The van der Waals surface area contributed by atoms with Crippen molar-refractivity contribution in [2.45, 2.75) is 6.54 Å². The second kappa shape index (κ2) is 4.77. The lowest BCUT2D eigenvalue weighted by atomic mass is 10.3. The minimum absolute atomic E-state index is 0.228. The predicted octanol–water partition coefficient (Wildman–Crippen LogP) is 2.17. The molecule has 1 aromatic heterocycles. The molecule has 0 radical (unpaired) electrons. The normalized spacial score (nSPS) is 10.4. The third kappa shape index (κ3) is 2.49. The third-order valence-electron chi connectivity index (χ3n) is 2.17. The number of hydrogen-bond acceptors (Lipinski definition) is 3. The van der Waals surface area contributed by atoms with Gasteiger partial charge in [0.05, 0.1) is 6.54 Å². The molecule has 2 rings (SSSR count). The smallest absolute Gasteiger partial charge is 0.151 e. The fourth-order valence-electron chi connectivity index (χ4n) is 1.27. The molecule has 0 aliphatic rings. The Morgan fingerprint density at radius 1 is 1.50 bits per heavy atom. The summed E-state index contributed by atoms with van der Waals surface area (Å²) in [6.07, 6.45) is 1.65. The van der Waals surface area contributed by atoms with E-state index in [-0.39, 0.29) is 5.82 Å². The van der Waals surface area contributed by atoms with Gasteiger partial charge in [0, 0.05) is 16.3 Å². The van der Waals surface area contributed by atoms with E-state index in [4.69, 9.17) is 0 Å². The van der Waals surface area contributed by atoms with Crippen molar-refractivity contribution in [3.05, 3.63) is 39.7 Å². The molecule has 4 nitrogen and oxygen atoms in total. The van der Waals surface area contributed by atoms with E-state index in [1.807, 2.05) is 11.6 Å². The fraction of sp³-hybridized carbons (Fsp3) is 0.200. The number of nitrogens with zero attached hydrogens (tertiary/aromatic N) is 3. The largest absolute Gasteiger partial charge is 0.377 e. The molecule has 0 aliphatic heterocycles. The lowest BCUT2D eigenvalue weighted by Crippen LogP contribution is -2.06. The molecule has 6 heteroatoms. The summed E-state index contributed by atoms with van der Waals surface area (Å²) in [6, 6.07) is 4.63. The molecule has 0 amide bonds. The average Bonchev–Trinajstić information content (AvgIpc) is 2.63. The highest BCUT2D eigenvalue weighted by atomic mass is 127. The van der Waals surface area contributed by atoms with Crippen LogP contribution in [-0.4, -0.2) is 14.8 Å². The molecule has 0 atom stereocenters. The second-order valence-corrected chi connectivity index (χ2v) is 4.50. The second-order valence-electron chi connectivity index (χ2n) is 3.34. The van der Waals surface area contributed by atoms with Crippen LogP contribution in [-0.2, 0) is 13.6 Å². The van der Waals surface area contributed by atoms with Crippen LogP contribution < -0.4 is 5.32 Å². The molecule has 0 saturated carbocycles. The van der Waals surface area contributed by atoms with Gasteiger partial charge in [0.25, 0.3) is 0 Å². The van der Waals surface area contributed by atoms with Crippen molar-refractivity contribution < 1.29 is 4.39 Å². The van der Waals surface area contributed by atoms with E-state index in [2.05, 4.69) is 38.1 Å². The van der Waals surface area contributed by atoms with Gasteiger partial charge in [-0.15, -0.1) is 10.2 Å². The van der Waals surface area contributed by atoms with Crippen LogP contribution >= 0.6 is 22.6 Å². The van der Waals surface area contributed by atoms with Gasteiger partial charge < -0.3 is 9.88 Å². The summed E-state index contributed by atoms with van der Waals surface area (Å²) >= 11 is 2.09. The zero-order valence-electron chi connectivity index (χ0n) is 8.61. The highest BCUT2D eigenvalue weighted by molar-refractivity contribution is 14.1. The molecular formula is C10H10FIN4. The summed E-state index contributed by atoms with van der Waals surface area (Å²) in [7, 11) is 1.88. The summed E-state index contributed by atoms with van der Waals surface area (Å²) in [6.45, 7) is 0.568. The van der Waals surface area contributed by atoms with Crippen LogP contribution in [0.5, 0.6) is 0 Å². The summed E-state index contributed by atoms with van der Waals surface area (Å²) in [5, 5.41) is 10.9. The molecular weight excluding hydrogens is 322 g/mol. The Morgan fingerprint density at radius 2 is 2.31 bits per heavy atom. The van der Waals surface area contributed by atoms with Crippen molar-refractivity contribution in [2.75, 3.05) is 5.32 Å². The van der Waals surface area contributed by atoms with Crippen LogP contribution in [0.25, 0.3) is 0 Å². The van der Waals surface area contributed by atoms with E-state index in [1.54, 1.807) is 12.4 Å². The molecule has 0 aliphatic carbocycles. The lowest BCUT2D eigenvalue weighted by molar-refractivity contribution is 0.627. The number of anilines is 1. The van der Waals surface area contributed by atoms with Crippen molar-refractivity contribution in [2.24, 2.45) is 7.05 Å². The number of hydrogen-bond donors (Lipinski definition) is 1. The van der Waals surface area contributed by atoms with Crippen molar-refractivity contribution >= 4 is 28.3 Å². The van der Waals surface area contributed by atoms with Crippen LogP contribution in [0.1, 0.15) is 5.82 Å². The topological polar surface area (TPSA) is 42.7 Å². The summed E-state index contributed by atoms with van der Waals surface area (Å²) in [5.41, 5.74) is 0.894. The van der Waals surface area contributed by atoms with E-state index in [0.717, 1.165) is 15.1 Å². The molecule has 1 heterocycles. The molecule has 84 valence electrons. The minimum Gasteiger partial charge on any atom is -0.377 e. The van der Waals surface area contributed by atoms with E-state index in [1.165, 1.54) is 12.1 Å². The first-order valence-corrected chi connectivity index (χ1v) is 5.76. The summed E-state index contributed by atoms with van der Waals surface area (Å²) in [4.78, 5) is 0. The molecule has 16 heavy (non-hydrogen) atoms. The Morgan fingerprint density at radius 3 is 2.94 bits per heavy atom. The average molecular weight is 332 g/mol. The van der Waals surface area contributed by atoms with Gasteiger partial charge in [-0.1, -0.05) is 0 Å². The van der Waals surface area contributed by atoms with E-state index in [0.29, 0.717) is 6.54 Å². The number of aryl methyl sites for hydroxylation is 1. The molecule has 1 N–H and O–H groups in total. The highest BCUT2D eigenvalue weighted by Crippen LogP contribution is 2.19. The standard InChI is InChI=1S/C10H10FIN4/c1-16-6-14-15-10(16)5-13-9-3-2-7(11)4-8(9)12/h2-4,6,13H,5H2,1H3. The Labute approximate surface area is 106 Å². The zero-order chi connectivity index (χ0) is 11.5. The van der Waals surface area contributed by atoms with Gasteiger partial charge in [-0.05, 0) is 40.8 Å². The number of aromatic nitrogens is 3. The first-order chi connectivity index (χ1) is 7.66. The van der Waals surface area contributed by atoms with Gasteiger partial charge >= 0.3 is 0 Å². The lowest BCUT2D eigenvalue weighted by Gasteiger charge is -2.07. The van der Waals surface area contributed by atoms with Crippen LogP contribution in [0, 0.1) is 9.39 Å². The molecule has 0 saturated heterocycles. The van der Waals surface area contributed by atoms with Gasteiger partial charge in [0.15, 0.2) is 5.82 Å².